The summed E-state index contributed by atoms with van der Waals surface area (Å²) >= 11 is 1.57. The molecule has 1 saturated carbocycles. The first-order valence-corrected chi connectivity index (χ1v) is 11.9. The van der Waals surface area contributed by atoms with Crippen molar-refractivity contribution < 1.29 is 14.3 Å². The Hall–Kier alpha value is -4.23. The molecule has 0 radical (unpaired) electrons. The van der Waals surface area contributed by atoms with Crippen molar-refractivity contribution in [1.29, 1.82) is 0 Å². The second-order valence-corrected chi connectivity index (χ2v) is 8.84. The van der Waals surface area contributed by atoms with E-state index in [9.17, 15) is 4.79 Å². The van der Waals surface area contributed by atoms with Gasteiger partial charge in [0.15, 0.2) is 5.01 Å². The van der Waals surface area contributed by atoms with Gasteiger partial charge in [-0.15, -0.1) is 21.5 Å². The molecule has 0 saturated heterocycles. The fraction of sp³-hybridized carbons (Fsp3) is 0.240. The molecule has 1 amide bonds. The van der Waals surface area contributed by atoms with Crippen LogP contribution < -0.4 is 14.8 Å². The van der Waals surface area contributed by atoms with Crippen molar-refractivity contribution in [1.82, 2.24) is 25.6 Å². The number of carbonyl (C=O) groups excluding carboxylic acids is 1. The normalized spacial score (nSPS) is 12.9. The minimum absolute atomic E-state index is 0.303. The molecule has 0 spiro atoms. The van der Waals surface area contributed by atoms with Crippen molar-refractivity contribution in [3.05, 3.63) is 63.6 Å². The van der Waals surface area contributed by atoms with Gasteiger partial charge in [-0.1, -0.05) is 18.4 Å². The van der Waals surface area contributed by atoms with Gasteiger partial charge in [-0.2, -0.15) is 5.21 Å². The summed E-state index contributed by atoms with van der Waals surface area (Å²) in [6.07, 6.45) is 3.72. The van der Waals surface area contributed by atoms with Crippen LogP contribution in [0.15, 0.2) is 41.8 Å². The number of thiazole rings is 1. The smallest absolute Gasteiger partial charge is 0.255 e. The maximum atomic E-state index is 13.0. The molecular formula is C25H22N6O3S. The molecule has 0 unspecified atom stereocenters. The molecule has 2 N–H and O–H groups in total. The summed E-state index contributed by atoms with van der Waals surface area (Å²) < 4.78 is 10.9. The molecule has 10 heteroatoms. The van der Waals surface area contributed by atoms with Gasteiger partial charge in [-0.25, -0.2) is 4.98 Å². The summed E-state index contributed by atoms with van der Waals surface area (Å²) in [5, 5.41) is 19.8. The molecule has 2 heterocycles. The highest BCUT2D eigenvalue weighted by Gasteiger charge is 2.22. The molecule has 5 rings (SSSR count). The van der Waals surface area contributed by atoms with Gasteiger partial charge >= 0.3 is 0 Å². The van der Waals surface area contributed by atoms with Gasteiger partial charge in [0.1, 0.15) is 17.1 Å². The van der Waals surface area contributed by atoms with Crippen LogP contribution in [0.5, 0.6) is 11.5 Å². The topological polar surface area (TPSA) is 115 Å². The van der Waals surface area contributed by atoms with Crippen LogP contribution >= 0.6 is 11.3 Å². The number of methoxy groups -OCH3 is 2. The van der Waals surface area contributed by atoms with Crippen LogP contribution in [0, 0.1) is 11.8 Å². The number of hydrogen-bond acceptors (Lipinski definition) is 8. The predicted molar refractivity (Wildman–Crippen MR) is 132 cm³/mol. The van der Waals surface area contributed by atoms with Crippen molar-refractivity contribution in [3.8, 4) is 34.7 Å². The number of carbonyl (C=O) groups is 1. The van der Waals surface area contributed by atoms with E-state index < -0.39 is 0 Å². The van der Waals surface area contributed by atoms with Crippen molar-refractivity contribution in [3.63, 3.8) is 0 Å². The first-order valence-electron chi connectivity index (χ1n) is 11.0. The number of nitrogens with zero attached hydrogens (tertiary/aromatic N) is 4. The second-order valence-electron chi connectivity index (χ2n) is 7.98. The van der Waals surface area contributed by atoms with Crippen molar-refractivity contribution in [2.24, 2.45) is 0 Å². The minimum Gasteiger partial charge on any atom is -0.496 e. The fourth-order valence-electron chi connectivity index (χ4n) is 3.77. The van der Waals surface area contributed by atoms with Crippen LogP contribution in [0.1, 0.15) is 51.8 Å². The van der Waals surface area contributed by atoms with E-state index in [-0.39, 0.29) is 5.91 Å². The number of hydrogen-bond donors (Lipinski definition) is 2. The number of nitrogens with one attached hydrogen (secondary N) is 2. The van der Waals surface area contributed by atoms with Crippen molar-refractivity contribution >= 4 is 22.9 Å². The first-order chi connectivity index (χ1) is 17.1. The average molecular weight is 487 g/mol. The maximum Gasteiger partial charge on any atom is 0.255 e. The standard InChI is InChI=1S/C25H22N6O3S/c1-33-20-12-17(13-21(34-2)23(20)24-28-30-31-29-24)25(32)26-18-8-3-5-15(11-18)9-10-22-27-19(14-35-22)16-6-4-7-16/h3,5,8,11-14,16H,4,6-7H2,1-2H3,(H,26,32)(H,28,29,30,31). The lowest BCUT2D eigenvalue weighted by Crippen LogP contribution is -2.12. The summed E-state index contributed by atoms with van der Waals surface area (Å²) in [6.45, 7) is 0. The minimum atomic E-state index is -0.323. The lowest BCUT2D eigenvalue weighted by Gasteiger charge is -2.22. The van der Waals surface area contributed by atoms with Gasteiger partial charge in [0, 0.05) is 28.1 Å². The lowest BCUT2D eigenvalue weighted by atomic mass is 9.83. The summed E-state index contributed by atoms with van der Waals surface area (Å²) in [5.74, 6) is 7.64. The van der Waals surface area contributed by atoms with Gasteiger partial charge < -0.3 is 14.8 Å². The number of H-pyrrole nitrogens is 1. The Morgan fingerprint density at radius 1 is 1.14 bits per heavy atom. The van der Waals surface area contributed by atoms with Crippen molar-refractivity contribution in [2.45, 2.75) is 25.2 Å². The number of anilines is 1. The van der Waals surface area contributed by atoms with Crippen LogP contribution in [-0.4, -0.2) is 45.7 Å². The van der Waals surface area contributed by atoms with Crippen LogP contribution in [-0.2, 0) is 0 Å². The fourth-order valence-corrected chi connectivity index (χ4v) is 4.52. The number of benzene rings is 2. The average Bonchev–Trinajstić information content (AvgIpc) is 3.53. The van der Waals surface area contributed by atoms with E-state index in [1.807, 2.05) is 24.3 Å². The highest BCUT2D eigenvalue weighted by atomic mass is 32.1. The molecule has 0 atom stereocenters. The number of rotatable bonds is 6. The molecule has 2 aromatic heterocycles. The van der Waals surface area contributed by atoms with Crippen LogP contribution in [0.2, 0.25) is 0 Å². The summed E-state index contributed by atoms with van der Waals surface area (Å²) in [5.41, 5.74) is 3.42. The highest BCUT2D eigenvalue weighted by Crippen LogP contribution is 2.38. The number of ether oxygens (including phenoxy) is 2. The molecule has 0 aliphatic heterocycles. The van der Waals surface area contributed by atoms with E-state index in [4.69, 9.17) is 9.47 Å². The highest BCUT2D eigenvalue weighted by molar-refractivity contribution is 7.10. The van der Waals surface area contributed by atoms with E-state index in [1.54, 1.807) is 23.5 Å². The summed E-state index contributed by atoms with van der Waals surface area (Å²) in [4.78, 5) is 17.7. The van der Waals surface area contributed by atoms with Crippen LogP contribution in [0.3, 0.4) is 0 Å². The zero-order valence-electron chi connectivity index (χ0n) is 19.2. The van der Waals surface area contributed by atoms with Gasteiger partial charge in [0.05, 0.1) is 19.9 Å². The SMILES string of the molecule is COc1cc(C(=O)Nc2cccc(C#Cc3nc(C4CCC4)cs3)c2)cc(OC)c1-c1nn[nH]n1. The molecule has 9 nitrogen and oxygen atoms in total. The molecule has 35 heavy (non-hydrogen) atoms. The van der Waals surface area contributed by atoms with Gasteiger partial charge in [0.2, 0.25) is 5.82 Å². The molecule has 4 aromatic rings. The zero-order chi connectivity index (χ0) is 24.2. The molecule has 1 fully saturated rings. The third-order valence-electron chi connectivity index (χ3n) is 5.82. The molecule has 1 aliphatic rings. The van der Waals surface area contributed by atoms with E-state index in [0.29, 0.717) is 40.1 Å². The maximum absolute atomic E-state index is 13.0. The Kier molecular flexibility index (Phi) is 6.41. The van der Waals surface area contributed by atoms with Gasteiger partial charge in [0.25, 0.3) is 5.91 Å². The molecule has 0 bridgehead atoms. The predicted octanol–water partition coefficient (Wildman–Crippen LogP) is 4.26. The molecule has 1 aliphatic carbocycles. The third-order valence-corrected chi connectivity index (χ3v) is 6.59. The largest absolute Gasteiger partial charge is 0.496 e. The van der Waals surface area contributed by atoms with Gasteiger partial charge in [-0.05, 0) is 54.3 Å². The Labute approximate surface area is 205 Å². The number of aromatic amines is 1. The number of aromatic nitrogens is 5. The van der Waals surface area contributed by atoms with E-state index in [0.717, 1.165) is 16.3 Å². The van der Waals surface area contributed by atoms with E-state index in [2.05, 4.69) is 48.1 Å². The monoisotopic (exact) mass is 486 g/mol. The van der Waals surface area contributed by atoms with E-state index >= 15 is 0 Å². The Morgan fingerprint density at radius 2 is 1.94 bits per heavy atom. The quantitative estimate of drug-likeness (QED) is 0.391. The Morgan fingerprint density at radius 3 is 2.60 bits per heavy atom. The number of amides is 1. The molecule has 2 aromatic carbocycles. The van der Waals surface area contributed by atoms with Gasteiger partial charge in [-0.3, -0.25) is 4.79 Å². The zero-order valence-corrected chi connectivity index (χ0v) is 20.0. The second kappa shape index (κ2) is 9.95. The number of tetrazole rings is 1. The first kappa shape index (κ1) is 22.6. The Bertz CT molecular complexity index is 1390. The van der Waals surface area contributed by atoms with E-state index in [1.165, 1.54) is 33.5 Å². The van der Waals surface area contributed by atoms with Crippen molar-refractivity contribution in [2.75, 3.05) is 19.5 Å². The third kappa shape index (κ3) is 4.85. The lowest BCUT2D eigenvalue weighted by molar-refractivity contribution is 0.102. The Balaban J connectivity index is 1.34. The summed E-state index contributed by atoms with van der Waals surface area (Å²) in [6, 6.07) is 10.6. The molecular weight excluding hydrogens is 464 g/mol. The molecule has 176 valence electrons. The summed E-state index contributed by atoms with van der Waals surface area (Å²) in [7, 11) is 3.00. The van der Waals surface area contributed by atoms with Crippen LogP contribution in [0.4, 0.5) is 5.69 Å². The van der Waals surface area contributed by atoms with Crippen LogP contribution in [0.25, 0.3) is 11.4 Å².